The molecule has 0 radical (unpaired) electrons. The molecule has 0 saturated carbocycles. The predicted octanol–water partition coefficient (Wildman–Crippen LogP) is 0.213. The maximum atomic E-state index is 12.4. The van der Waals surface area contributed by atoms with Crippen molar-refractivity contribution in [2.75, 3.05) is 0 Å². The Hall–Kier alpha value is 0.561. The topological polar surface area (TPSA) is 0 Å². The van der Waals surface area contributed by atoms with Gasteiger partial charge in [-0.2, -0.15) is 32.2 Å². The molecule has 0 N–H and O–H groups in total. The summed E-state index contributed by atoms with van der Waals surface area (Å²) >= 11 is 0. The summed E-state index contributed by atoms with van der Waals surface area (Å²) in [6, 6.07) is 0. The van der Waals surface area contributed by atoms with Crippen LogP contribution in [0.1, 0.15) is 0 Å². The van der Waals surface area contributed by atoms with Crippen LogP contribution in [-0.4, -0.2) is 25.0 Å². The third-order valence-corrected chi connectivity index (χ3v) is 1.19. The number of rotatable bonds is 0. The fraction of sp³-hybridized carbons (Fsp3) is 0.600. The molecular formula is C5BF10K. The fourth-order valence-electron chi connectivity index (χ4n) is 0.484. The monoisotopic (exact) mass is 300 g/mol. The van der Waals surface area contributed by atoms with Crippen molar-refractivity contribution in [2.24, 2.45) is 0 Å². The zero-order valence-electron chi connectivity index (χ0n) is 7.86. The molecule has 0 unspecified atom stereocenters. The van der Waals surface area contributed by atoms with Crippen LogP contribution in [0.4, 0.5) is 43.7 Å². The van der Waals surface area contributed by atoms with Crippen molar-refractivity contribution in [1.82, 2.24) is 0 Å². The van der Waals surface area contributed by atoms with Gasteiger partial charge in [0, 0.05) is 0 Å². The van der Waals surface area contributed by atoms with Gasteiger partial charge in [0.2, 0.25) is 0 Å². The molecule has 0 aliphatic heterocycles. The zero-order chi connectivity index (χ0) is 13.4. The maximum absolute atomic E-state index is 12.4. The van der Waals surface area contributed by atoms with E-state index in [9.17, 15) is 43.7 Å². The Kier molecular flexibility index (Phi) is 6.65. The molecule has 0 fully saturated rings. The van der Waals surface area contributed by atoms with E-state index in [4.69, 9.17) is 0 Å². The third-order valence-electron chi connectivity index (χ3n) is 1.19. The minimum absolute atomic E-state index is 0. The summed E-state index contributed by atoms with van der Waals surface area (Å²) in [6.07, 6.45) is -13.2. The van der Waals surface area contributed by atoms with Gasteiger partial charge < -0.3 is 12.9 Å². The Bertz CT molecular complexity index is 299. The van der Waals surface area contributed by atoms with Crippen LogP contribution < -0.4 is 51.4 Å². The van der Waals surface area contributed by atoms with Gasteiger partial charge in [-0.1, -0.05) is 5.92 Å². The van der Waals surface area contributed by atoms with Gasteiger partial charge in [-0.3, -0.25) is 0 Å². The van der Waals surface area contributed by atoms with Gasteiger partial charge in [-0.05, 0) is 0 Å². The molecule has 0 heterocycles. The quantitative estimate of drug-likeness (QED) is 0.341. The number of hydrogen-bond donors (Lipinski definition) is 0. The Balaban J connectivity index is 0. The average Bonchev–Trinajstić information content (AvgIpc) is 1.93. The van der Waals surface area contributed by atoms with Crippen LogP contribution in [0.3, 0.4) is 0 Å². The molecule has 0 saturated heterocycles. The van der Waals surface area contributed by atoms with E-state index in [-0.39, 0.29) is 57.2 Å². The fourth-order valence-corrected chi connectivity index (χ4v) is 0.484. The molecule has 0 aromatic rings. The summed E-state index contributed by atoms with van der Waals surface area (Å²) in [4.78, 5) is 0. The second-order valence-corrected chi connectivity index (χ2v) is 2.50. The molecule has 0 atom stereocenters. The van der Waals surface area contributed by atoms with E-state index >= 15 is 0 Å². The van der Waals surface area contributed by atoms with Crippen molar-refractivity contribution in [1.29, 1.82) is 0 Å². The first kappa shape index (κ1) is 19.9. The maximum Gasteiger partial charge on any atom is 1.00 e. The van der Waals surface area contributed by atoms with E-state index in [1.807, 2.05) is 0 Å². The standard InChI is InChI=1S/C5BF10.K/c7-3(4(8,9)10,5(11,12)13)1-2-6(14,15)16;/q-1;+1. The van der Waals surface area contributed by atoms with E-state index in [2.05, 4.69) is 0 Å². The minimum atomic E-state index is -6.60. The molecule has 0 nitrogen and oxygen atoms in total. The third kappa shape index (κ3) is 5.37. The zero-order valence-corrected chi connectivity index (χ0v) is 11.0. The summed E-state index contributed by atoms with van der Waals surface area (Å²) in [5.74, 6) is -0.775. The minimum Gasteiger partial charge on any atom is -0.438 e. The summed E-state index contributed by atoms with van der Waals surface area (Å²) in [5, 5.41) is 0. The molecule has 0 rings (SSSR count). The van der Waals surface area contributed by atoms with Crippen molar-refractivity contribution < 1.29 is 95.1 Å². The van der Waals surface area contributed by atoms with Crippen LogP contribution in [0.2, 0.25) is 0 Å². The van der Waals surface area contributed by atoms with Gasteiger partial charge >= 0.3 is 76.4 Å². The molecule has 0 aromatic heterocycles. The van der Waals surface area contributed by atoms with Gasteiger partial charge in [-0.25, -0.2) is 4.39 Å². The van der Waals surface area contributed by atoms with Crippen LogP contribution in [-0.2, 0) is 0 Å². The first-order chi connectivity index (χ1) is 6.71. The average molecular weight is 300 g/mol. The van der Waals surface area contributed by atoms with Crippen molar-refractivity contribution in [3.8, 4) is 11.7 Å². The van der Waals surface area contributed by atoms with E-state index in [1.54, 1.807) is 0 Å². The van der Waals surface area contributed by atoms with Crippen molar-refractivity contribution in [2.45, 2.75) is 18.0 Å². The van der Waals surface area contributed by atoms with Crippen molar-refractivity contribution in [3.05, 3.63) is 0 Å². The van der Waals surface area contributed by atoms with Crippen LogP contribution in [0, 0.1) is 11.7 Å². The molecule has 0 aliphatic carbocycles. The van der Waals surface area contributed by atoms with Gasteiger partial charge in [0.05, 0.1) is 0 Å². The normalized spacial score (nSPS) is 13.5. The molecular weight excluding hydrogens is 300 g/mol. The molecule has 0 aliphatic rings. The molecule has 17 heavy (non-hydrogen) atoms. The van der Waals surface area contributed by atoms with E-state index in [1.165, 1.54) is 0 Å². The second-order valence-electron chi connectivity index (χ2n) is 2.50. The Labute approximate surface area is 131 Å². The Morgan fingerprint density at radius 2 is 1.00 bits per heavy atom. The largest absolute Gasteiger partial charge is 1.00 e. The number of hydrogen-bond acceptors (Lipinski definition) is 0. The first-order valence-electron chi connectivity index (χ1n) is 3.27. The molecule has 0 bridgehead atoms. The summed E-state index contributed by atoms with van der Waals surface area (Å²) in [7, 11) is 0. The van der Waals surface area contributed by atoms with E-state index < -0.39 is 30.9 Å². The molecule has 94 valence electrons. The van der Waals surface area contributed by atoms with Gasteiger partial charge in [0.15, 0.2) is 0 Å². The smallest absolute Gasteiger partial charge is 0.438 e. The van der Waals surface area contributed by atoms with Crippen LogP contribution in [0.5, 0.6) is 0 Å². The second kappa shape index (κ2) is 5.68. The molecule has 12 heteroatoms. The number of alkyl halides is 7. The van der Waals surface area contributed by atoms with Crippen LogP contribution in [0.25, 0.3) is 0 Å². The SMILES string of the molecule is F[B-](F)(F)C#CC(F)(C(F)(F)F)C(F)(F)F.[K+]. The molecule has 0 aromatic carbocycles. The molecule has 0 spiro atoms. The Morgan fingerprint density at radius 3 is 1.18 bits per heavy atom. The van der Waals surface area contributed by atoms with Gasteiger partial charge in [0.25, 0.3) is 0 Å². The summed E-state index contributed by atoms with van der Waals surface area (Å²) in [6.45, 7) is -6.27. The predicted molar refractivity (Wildman–Crippen MR) is 32.8 cm³/mol. The van der Waals surface area contributed by atoms with E-state index in [0.29, 0.717) is 0 Å². The summed E-state index contributed by atoms with van der Waals surface area (Å²) < 4.78 is 116. The van der Waals surface area contributed by atoms with Crippen LogP contribution in [0.15, 0.2) is 0 Å². The van der Waals surface area contributed by atoms with Crippen molar-refractivity contribution in [3.63, 3.8) is 0 Å². The van der Waals surface area contributed by atoms with Crippen LogP contribution >= 0.6 is 0 Å². The molecule has 0 amide bonds. The first-order valence-corrected chi connectivity index (χ1v) is 3.27. The number of halogens is 10. The van der Waals surface area contributed by atoms with Gasteiger partial charge in [-0.15, -0.1) is 0 Å². The Morgan fingerprint density at radius 1 is 0.706 bits per heavy atom. The van der Waals surface area contributed by atoms with E-state index in [0.717, 1.165) is 0 Å². The van der Waals surface area contributed by atoms with Gasteiger partial charge in [0.1, 0.15) is 0 Å². The summed E-state index contributed by atoms with van der Waals surface area (Å²) in [5.41, 5.74) is -6.18. The van der Waals surface area contributed by atoms with Crippen molar-refractivity contribution >= 4 is 6.98 Å².